The minimum atomic E-state index is 0.248. The second-order valence-electron chi connectivity index (χ2n) is 5.92. The van der Waals surface area contributed by atoms with Crippen molar-refractivity contribution in [1.29, 1.82) is 0 Å². The Balaban J connectivity index is 1.86. The average molecular weight is 329 g/mol. The Kier molecular flexibility index (Phi) is 4.74. The van der Waals surface area contributed by atoms with Gasteiger partial charge < -0.3 is 14.2 Å². The van der Waals surface area contributed by atoms with Crippen LogP contribution in [0.4, 0.5) is 0 Å². The van der Waals surface area contributed by atoms with E-state index in [1.54, 1.807) is 0 Å². The largest absolute Gasteiger partial charge is 0.454 e. The molecule has 0 radical (unpaired) electrons. The van der Waals surface area contributed by atoms with Crippen molar-refractivity contribution in [3.8, 4) is 11.5 Å². The molecule has 1 unspecified atom stereocenters. The van der Waals surface area contributed by atoms with Gasteiger partial charge in [0.05, 0.1) is 13.2 Å². The first-order valence-corrected chi connectivity index (χ1v) is 7.65. The molecule has 0 saturated heterocycles. The second kappa shape index (κ2) is 6.14. The molecule has 0 amide bonds. The highest BCUT2D eigenvalue weighted by molar-refractivity contribution is 9.09. The van der Waals surface area contributed by atoms with Crippen LogP contribution < -0.4 is 9.47 Å². The number of hydrogen-bond donors (Lipinski definition) is 0. The van der Waals surface area contributed by atoms with Gasteiger partial charge in [0.1, 0.15) is 0 Å². The summed E-state index contributed by atoms with van der Waals surface area (Å²) in [6, 6.07) is 5.95. The fourth-order valence-electron chi connectivity index (χ4n) is 1.88. The molecule has 0 fully saturated rings. The summed E-state index contributed by atoms with van der Waals surface area (Å²) < 4.78 is 16.5. The van der Waals surface area contributed by atoms with E-state index in [4.69, 9.17) is 14.2 Å². The molecule has 1 heterocycles. The first-order valence-electron chi connectivity index (χ1n) is 6.53. The van der Waals surface area contributed by atoms with Crippen LogP contribution >= 0.6 is 15.9 Å². The van der Waals surface area contributed by atoms with Gasteiger partial charge in [-0.25, -0.2) is 0 Å². The zero-order valence-electron chi connectivity index (χ0n) is 11.7. The van der Waals surface area contributed by atoms with Crippen LogP contribution in [0.3, 0.4) is 0 Å². The lowest BCUT2D eigenvalue weighted by atomic mass is 9.83. The van der Waals surface area contributed by atoms with E-state index >= 15 is 0 Å². The Hall–Kier alpha value is -0.740. The molecule has 4 heteroatoms. The third kappa shape index (κ3) is 3.86. The highest BCUT2D eigenvalue weighted by atomic mass is 79.9. The van der Waals surface area contributed by atoms with Gasteiger partial charge in [-0.2, -0.15) is 0 Å². The molecule has 3 nitrogen and oxygen atoms in total. The molecule has 1 aromatic rings. The molecule has 0 bridgehead atoms. The molecule has 1 aromatic carbocycles. The highest BCUT2D eigenvalue weighted by Crippen LogP contribution is 2.33. The molecule has 0 spiro atoms. The van der Waals surface area contributed by atoms with Gasteiger partial charge in [-0.3, -0.25) is 0 Å². The lowest BCUT2D eigenvalue weighted by molar-refractivity contribution is 0.0564. The van der Waals surface area contributed by atoms with E-state index < -0.39 is 0 Å². The van der Waals surface area contributed by atoms with E-state index in [0.717, 1.165) is 29.0 Å². The number of hydrogen-bond acceptors (Lipinski definition) is 3. The topological polar surface area (TPSA) is 27.7 Å². The van der Waals surface area contributed by atoms with Gasteiger partial charge in [0.2, 0.25) is 6.79 Å². The summed E-state index contributed by atoms with van der Waals surface area (Å²) in [5.41, 5.74) is 1.37. The van der Waals surface area contributed by atoms with Crippen molar-refractivity contribution in [1.82, 2.24) is 0 Å². The van der Waals surface area contributed by atoms with E-state index in [-0.39, 0.29) is 5.41 Å². The summed E-state index contributed by atoms with van der Waals surface area (Å²) >= 11 is 3.56. The summed E-state index contributed by atoms with van der Waals surface area (Å²) in [6.07, 6.45) is 0. The molecule has 106 valence electrons. The van der Waals surface area contributed by atoms with Gasteiger partial charge in [0.25, 0.3) is 0 Å². The minimum absolute atomic E-state index is 0.248. The molecule has 0 saturated carbocycles. The third-order valence-corrected chi connectivity index (χ3v) is 4.22. The van der Waals surface area contributed by atoms with Crippen molar-refractivity contribution in [2.45, 2.75) is 27.4 Å². The molecule has 19 heavy (non-hydrogen) atoms. The molecule has 1 aliphatic heterocycles. The molecule has 0 N–H and O–H groups in total. The molecule has 2 rings (SSSR count). The van der Waals surface area contributed by atoms with Gasteiger partial charge in [-0.05, 0) is 29.0 Å². The second-order valence-corrected chi connectivity index (χ2v) is 6.57. The molecule has 0 aromatic heterocycles. The van der Waals surface area contributed by atoms with Crippen LogP contribution in [-0.4, -0.2) is 18.7 Å². The first kappa shape index (κ1) is 14.7. The Morgan fingerprint density at radius 1 is 1.26 bits per heavy atom. The van der Waals surface area contributed by atoms with Gasteiger partial charge >= 0.3 is 0 Å². The van der Waals surface area contributed by atoms with E-state index in [1.807, 2.05) is 18.2 Å². The van der Waals surface area contributed by atoms with E-state index in [1.165, 1.54) is 0 Å². The van der Waals surface area contributed by atoms with Crippen molar-refractivity contribution in [3.05, 3.63) is 23.8 Å². The number of ether oxygens (including phenoxy) is 3. The quantitative estimate of drug-likeness (QED) is 0.765. The van der Waals surface area contributed by atoms with Crippen molar-refractivity contribution >= 4 is 15.9 Å². The summed E-state index contributed by atoms with van der Waals surface area (Å²) in [6.45, 7) is 8.39. The maximum atomic E-state index is 5.83. The Morgan fingerprint density at radius 2 is 2.00 bits per heavy atom. The smallest absolute Gasteiger partial charge is 0.231 e. The number of rotatable bonds is 5. The van der Waals surface area contributed by atoms with Crippen LogP contribution in [0.5, 0.6) is 11.5 Å². The maximum absolute atomic E-state index is 5.83. The molecular formula is C15H21BrO3. The zero-order valence-corrected chi connectivity index (χ0v) is 13.3. The molecular weight excluding hydrogens is 308 g/mol. The third-order valence-electron chi connectivity index (χ3n) is 3.44. The lowest BCUT2D eigenvalue weighted by Crippen LogP contribution is -2.26. The standard InChI is InChI=1S/C15H21BrO3/c1-15(2,3)12(7-16)9-17-8-11-4-5-13-14(6-11)19-10-18-13/h4-6,12H,7-10H2,1-3H3. The van der Waals surface area contributed by atoms with Crippen LogP contribution in [0, 0.1) is 11.3 Å². The predicted molar refractivity (Wildman–Crippen MR) is 79.0 cm³/mol. The Labute approximate surface area is 123 Å². The highest BCUT2D eigenvalue weighted by Gasteiger charge is 2.23. The Bertz CT molecular complexity index is 426. The van der Waals surface area contributed by atoms with E-state index in [2.05, 4.69) is 36.7 Å². The average Bonchev–Trinajstić information content (AvgIpc) is 2.80. The van der Waals surface area contributed by atoms with Crippen molar-refractivity contribution in [2.24, 2.45) is 11.3 Å². The van der Waals surface area contributed by atoms with Gasteiger partial charge in [0, 0.05) is 5.33 Å². The number of alkyl halides is 1. The number of fused-ring (bicyclic) bond motifs is 1. The van der Waals surface area contributed by atoms with E-state index in [0.29, 0.717) is 19.3 Å². The lowest BCUT2D eigenvalue weighted by Gasteiger charge is -2.28. The summed E-state index contributed by atoms with van der Waals surface area (Å²) in [5, 5.41) is 0.956. The normalized spacial score (nSPS) is 15.6. The van der Waals surface area contributed by atoms with Crippen LogP contribution in [0.2, 0.25) is 0 Å². The number of benzene rings is 1. The SMILES string of the molecule is CC(C)(C)C(CBr)COCc1ccc2c(c1)OCO2. The van der Waals surface area contributed by atoms with E-state index in [9.17, 15) is 0 Å². The summed E-state index contributed by atoms with van der Waals surface area (Å²) in [7, 11) is 0. The van der Waals surface area contributed by atoms with Crippen LogP contribution in [-0.2, 0) is 11.3 Å². The van der Waals surface area contributed by atoms with Crippen LogP contribution in [0.1, 0.15) is 26.3 Å². The number of halogens is 1. The van der Waals surface area contributed by atoms with Crippen molar-refractivity contribution in [2.75, 3.05) is 18.7 Å². The van der Waals surface area contributed by atoms with Gasteiger partial charge in [-0.1, -0.05) is 42.8 Å². The molecule has 0 aliphatic carbocycles. The fraction of sp³-hybridized carbons (Fsp3) is 0.600. The summed E-state index contributed by atoms with van der Waals surface area (Å²) in [4.78, 5) is 0. The van der Waals surface area contributed by atoms with Crippen LogP contribution in [0.15, 0.2) is 18.2 Å². The predicted octanol–water partition coefficient (Wildman–Crippen LogP) is 3.99. The first-order chi connectivity index (χ1) is 9.00. The fourth-order valence-corrected chi connectivity index (χ4v) is 3.03. The monoisotopic (exact) mass is 328 g/mol. The van der Waals surface area contributed by atoms with Gasteiger partial charge in [0.15, 0.2) is 11.5 Å². The molecule has 1 atom stereocenters. The van der Waals surface area contributed by atoms with Crippen molar-refractivity contribution in [3.63, 3.8) is 0 Å². The minimum Gasteiger partial charge on any atom is -0.454 e. The van der Waals surface area contributed by atoms with Crippen molar-refractivity contribution < 1.29 is 14.2 Å². The van der Waals surface area contributed by atoms with Gasteiger partial charge in [-0.15, -0.1) is 0 Å². The van der Waals surface area contributed by atoms with Crippen LogP contribution in [0.25, 0.3) is 0 Å². The zero-order chi connectivity index (χ0) is 13.9. The molecule has 1 aliphatic rings. The maximum Gasteiger partial charge on any atom is 0.231 e. The Morgan fingerprint density at radius 3 is 2.68 bits per heavy atom. The summed E-state index contributed by atoms with van der Waals surface area (Å²) in [5.74, 6) is 2.13.